The van der Waals surface area contributed by atoms with E-state index in [1.165, 1.54) is 0 Å². The van der Waals surface area contributed by atoms with Crippen molar-refractivity contribution in [3.05, 3.63) is 36.0 Å². The van der Waals surface area contributed by atoms with Gasteiger partial charge in [-0.2, -0.15) is 0 Å². The molecule has 1 atom stereocenters. The van der Waals surface area contributed by atoms with Gasteiger partial charge in [0.2, 0.25) is 0 Å². The standard InChI is InChI=1S/C16H22N2O2/c1-3-9-17-10-14(19)11-20-15-6-4-5-13-8-7-12(2)18-16(13)15/h4-8,14,17,19H,3,9-11H2,1-2H3. The van der Waals surface area contributed by atoms with Gasteiger partial charge in [-0.15, -0.1) is 0 Å². The van der Waals surface area contributed by atoms with Crippen LogP contribution in [-0.4, -0.2) is 35.9 Å². The predicted octanol–water partition coefficient (Wildman–Crippen LogP) is 2.28. The van der Waals surface area contributed by atoms with E-state index in [0.29, 0.717) is 6.54 Å². The maximum Gasteiger partial charge on any atom is 0.145 e. The number of rotatable bonds is 7. The van der Waals surface area contributed by atoms with Crippen LogP contribution in [0.5, 0.6) is 5.75 Å². The van der Waals surface area contributed by atoms with Crippen LogP contribution in [0.1, 0.15) is 19.0 Å². The maximum absolute atomic E-state index is 9.86. The molecular weight excluding hydrogens is 252 g/mol. The van der Waals surface area contributed by atoms with Gasteiger partial charge in [-0.25, -0.2) is 4.98 Å². The molecule has 1 aromatic carbocycles. The van der Waals surface area contributed by atoms with Crippen molar-refractivity contribution in [2.24, 2.45) is 0 Å². The van der Waals surface area contributed by atoms with E-state index in [4.69, 9.17) is 4.74 Å². The Morgan fingerprint density at radius 2 is 2.15 bits per heavy atom. The van der Waals surface area contributed by atoms with E-state index in [1.807, 2.05) is 37.3 Å². The highest BCUT2D eigenvalue weighted by Gasteiger charge is 2.08. The number of para-hydroxylation sites is 1. The minimum Gasteiger partial charge on any atom is -0.489 e. The SMILES string of the molecule is CCCNCC(O)COc1cccc2ccc(C)nc12. The number of ether oxygens (including phenoxy) is 1. The molecule has 0 amide bonds. The molecule has 1 unspecified atom stereocenters. The normalized spacial score (nSPS) is 12.6. The summed E-state index contributed by atoms with van der Waals surface area (Å²) in [6.45, 7) is 5.78. The van der Waals surface area contributed by atoms with Gasteiger partial charge in [0.05, 0.1) is 0 Å². The van der Waals surface area contributed by atoms with Crippen LogP contribution in [0.15, 0.2) is 30.3 Å². The molecule has 4 heteroatoms. The molecule has 1 heterocycles. The Morgan fingerprint density at radius 3 is 2.95 bits per heavy atom. The van der Waals surface area contributed by atoms with Gasteiger partial charge in [-0.05, 0) is 32.0 Å². The zero-order chi connectivity index (χ0) is 14.4. The summed E-state index contributed by atoms with van der Waals surface area (Å²) in [7, 11) is 0. The molecule has 2 aromatic rings. The van der Waals surface area contributed by atoms with E-state index >= 15 is 0 Å². The fraction of sp³-hybridized carbons (Fsp3) is 0.438. The summed E-state index contributed by atoms with van der Waals surface area (Å²) in [5.41, 5.74) is 1.81. The van der Waals surface area contributed by atoms with Gasteiger partial charge in [-0.3, -0.25) is 0 Å². The molecule has 0 bridgehead atoms. The topological polar surface area (TPSA) is 54.4 Å². The highest BCUT2D eigenvalue weighted by molar-refractivity contribution is 5.84. The molecule has 0 aliphatic carbocycles. The zero-order valence-corrected chi connectivity index (χ0v) is 12.1. The Balaban J connectivity index is 2.00. The third kappa shape index (κ3) is 3.92. The number of hydrogen-bond acceptors (Lipinski definition) is 4. The molecule has 20 heavy (non-hydrogen) atoms. The van der Waals surface area contributed by atoms with Crippen molar-refractivity contribution in [2.75, 3.05) is 19.7 Å². The first-order chi connectivity index (χ1) is 9.70. The molecule has 0 saturated heterocycles. The third-order valence-electron chi connectivity index (χ3n) is 3.06. The van der Waals surface area contributed by atoms with Gasteiger partial charge in [0.25, 0.3) is 0 Å². The van der Waals surface area contributed by atoms with E-state index in [1.54, 1.807) is 0 Å². The van der Waals surface area contributed by atoms with Crippen LogP contribution in [0.2, 0.25) is 0 Å². The molecular formula is C16H22N2O2. The Kier molecular flexibility index (Phi) is 5.32. The predicted molar refractivity (Wildman–Crippen MR) is 81.1 cm³/mol. The second kappa shape index (κ2) is 7.22. The summed E-state index contributed by atoms with van der Waals surface area (Å²) in [5, 5.41) is 14.1. The van der Waals surface area contributed by atoms with Gasteiger partial charge in [0.1, 0.15) is 24.0 Å². The molecule has 0 saturated carbocycles. The number of nitrogens with one attached hydrogen (secondary N) is 1. The van der Waals surface area contributed by atoms with Gasteiger partial charge < -0.3 is 15.2 Å². The molecule has 0 aliphatic heterocycles. The summed E-state index contributed by atoms with van der Waals surface area (Å²) in [5.74, 6) is 0.723. The van der Waals surface area contributed by atoms with Gasteiger partial charge >= 0.3 is 0 Å². The number of aryl methyl sites for hydroxylation is 1. The highest BCUT2D eigenvalue weighted by Crippen LogP contribution is 2.23. The first kappa shape index (κ1) is 14.8. The van der Waals surface area contributed by atoms with E-state index in [9.17, 15) is 5.11 Å². The minimum atomic E-state index is -0.512. The first-order valence-electron chi connectivity index (χ1n) is 7.08. The van der Waals surface area contributed by atoms with Crippen molar-refractivity contribution in [3.8, 4) is 5.75 Å². The van der Waals surface area contributed by atoms with Crippen LogP contribution in [0.4, 0.5) is 0 Å². The molecule has 0 fully saturated rings. The van der Waals surface area contributed by atoms with Crippen molar-refractivity contribution >= 4 is 10.9 Å². The lowest BCUT2D eigenvalue weighted by Crippen LogP contribution is -2.31. The van der Waals surface area contributed by atoms with Crippen LogP contribution in [0.3, 0.4) is 0 Å². The van der Waals surface area contributed by atoms with E-state index in [0.717, 1.165) is 35.3 Å². The fourth-order valence-corrected chi connectivity index (χ4v) is 2.02. The number of benzene rings is 1. The summed E-state index contributed by atoms with van der Waals surface area (Å²) < 4.78 is 5.71. The Labute approximate surface area is 119 Å². The van der Waals surface area contributed by atoms with Crippen molar-refractivity contribution in [1.29, 1.82) is 0 Å². The summed E-state index contributed by atoms with van der Waals surface area (Å²) in [4.78, 5) is 4.51. The lowest BCUT2D eigenvalue weighted by atomic mass is 10.2. The largest absolute Gasteiger partial charge is 0.489 e. The monoisotopic (exact) mass is 274 g/mol. The average molecular weight is 274 g/mol. The lowest BCUT2D eigenvalue weighted by Gasteiger charge is -2.14. The summed E-state index contributed by atoms with van der Waals surface area (Å²) in [6, 6.07) is 9.85. The number of aliphatic hydroxyl groups excluding tert-OH is 1. The van der Waals surface area contributed by atoms with Crippen molar-refractivity contribution in [3.63, 3.8) is 0 Å². The molecule has 4 nitrogen and oxygen atoms in total. The van der Waals surface area contributed by atoms with Crippen molar-refractivity contribution < 1.29 is 9.84 Å². The molecule has 1 aromatic heterocycles. The van der Waals surface area contributed by atoms with Crippen LogP contribution < -0.4 is 10.1 Å². The Bertz CT molecular complexity index is 557. The second-order valence-electron chi connectivity index (χ2n) is 4.95. The second-order valence-corrected chi connectivity index (χ2v) is 4.95. The molecule has 108 valence electrons. The number of hydrogen-bond donors (Lipinski definition) is 2. The highest BCUT2D eigenvalue weighted by atomic mass is 16.5. The van der Waals surface area contributed by atoms with Crippen LogP contribution in [0.25, 0.3) is 10.9 Å². The number of aromatic nitrogens is 1. The maximum atomic E-state index is 9.86. The first-order valence-corrected chi connectivity index (χ1v) is 7.08. The van der Waals surface area contributed by atoms with E-state index in [-0.39, 0.29) is 6.61 Å². The molecule has 2 rings (SSSR count). The van der Waals surface area contributed by atoms with E-state index in [2.05, 4.69) is 17.2 Å². The molecule has 0 aliphatic rings. The number of aliphatic hydroxyl groups is 1. The van der Waals surface area contributed by atoms with Gasteiger partial charge in [-0.1, -0.05) is 25.1 Å². The van der Waals surface area contributed by atoms with Crippen molar-refractivity contribution in [2.45, 2.75) is 26.4 Å². The summed E-state index contributed by atoms with van der Waals surface area (Å²) >= 11 is 0. The van der Waals surface area contributed by atoms with Crippen LogP contribution in [-0.2, 0) is 0 Å². The van der Waals surface area contributed by atoms with E-state index < -0.39 is 6.10 Å². The molecule has 0 radical (unpaired) electrons. The Hall–Kier alpha value is -1.65. The molecule has 2 N–H and O–H groups in total. The Morgan fingerprint density at radius 1 is 1.30 bits per heavy atom. The van der Waals surface area contributed by atoms with Gasteiger partial charge in [0, 0.05) is 17.6 Å². The minimum absolute atomic E-state index is 0.269. The van der Waals surface area contributed by atoms with Crippen molar-refractivity contribution in [1.82, 2.24) is 10.3 Å². The fourth-order valence-electron chi connectivity index (χ4n) is 2.02. The average Bonchev–Trinajstić information content (AvgIpc) is 2.45. The van der Waals surface area contributed by atoms with Gasteiger partial charge in [0.15, 0.2) is 0 Å². The number of nitrogens with zero attached hydrogens (tertiary/aromatic N) is 1. The third-order valence-corrected chi connectivity index (χ3v) is 3.06. The van der Waals surface area contributed by atoms with Crippen LogP contribution >= 0.6 is 0 Å². The molecule has 0 spiro atoms. The lowest BCUT2D eigenvalue weighted by molar-refractivity contribution is 0.107. The van der Waals surface area contributed by atoms with Crippen LogP contribution in [0, 0.1) is 6.92 Å². The zero-order valence-electron chi connectivity index (χ0n) is 12.1. The number of pyridine rings is 1. The summed E-state index contributed by atoms with van der Waals surface area (Å²) in [6.07, 6.45) is 0.543. The number of fused-ring (bicyclic) bond motifs is 1. The quantitative estimate of drug-likeness (QED) is 0.761. The smallest absolute Gasteiger partial charge is 0.145 e.